The standard InChI is InChI=1S/C18H21NO3/c1-21-17-10-6-5-7-15(17)11-12-18(20)19-13-14-22-16-8-3-2-4-9-16/h2-10H,11-14H2,1H3,(H,19,20). The Kier molecular flexibility index (Phi) is 6.30. The Bertz CT molecular complexity index is 584. The number of rotatable bonds is 8. The minimum atomic E-state index is 0.0163. The van der Waals surface area contributed by atoms with E-state index in [-0.39, 0.29) is 5.91 Å². The Morgan fingerprint density at radius 3 is 2.55 bits per heavy atom. The zero-order valence-corrected chi connectivity index (χ0v) is 12.7. The van der Waals surface area contributed by atoms with E-state index >= 15 is 0 Å². The van der Waals surface area contributed by atoms with Crippen molar-refractivity contribution in [1.82, 2.24) is 5.32 Å². The van der Waals surface area contributed by atoms with E-state index in [2.05, 4.69) is 5.32 Å². The second kappa shape index (κ2) is 8.72. The molecule has 0 atom stereocenters. The van der Waals surface area contributed by atoms with Gasteiger partial charge in [-0.3, -0.25) is 4.79 Å². The number of nitrogens with one attached hydrogen (secondary N) is 1. The SMILES string of the molecule is COc1ccccc1CCC(=O)NCCOc1ccccc1. The summed E-state index contributed by atoms with van der Waals surface area (Å²) in [5, 5.41) is 2.86. The van der Waals surface area contributed by atoms with Crippen LogP contribution in [0.15, 0.2) is 54.6 Å². The molecule has 0 spiro atoms. The second-order valence-electron chi connectivity index (χ2n) is 4.82. The fourth-order valence-corrected chi connectivity index (χ4v) is 2.12. The number of ether oxygens (including phenoxy) is 2. The minimum absolute atomic E-state index is 0.0163. The highest BCUT2D eigenvalue weighted by molar-refractivity contribution is 5.76. The number of methoxy groups -OCH3 is 1. The molecule has 0 aliphatic heterocycles. The van der Waals surface area contributed by atoms with Crippen molar-refractivity contribution in [3.05, 3.63) is 60.2 Å². The molecule has 0 aromatic heterocycles. The second-order valence-corrected chi connectivity index (χ2v) is 4.82. The molecule has 22 heavy (non-hydrogen) atoms. The molecule has 1 N–H and O–H groups in total. The first-order valence-electron chi connectivity index (χ1n) is 7.36. The highest BCUT2D eigenvalue weighted by Gasteiger charge is 2.05. The molecule has 2 aromatic carbocycles. The van der Waals surface area contributed by atoms with E-state index in [1.165, 1.54) is 0 Å². The molecule has 0 radical (unpaired) electrons. The van der Waals surface area contributed by atoms with Crippen LogP contribution in [0.2, 0.25) is 0 Å². The van der Waals surface area contributed by atoms with Crippen molar-refractivity contribution in [2.24, 2.45) is 0 Å². The summed E-state index contributed by atoms with van der Waals surface area (Å²) in [6.07, 6.45) is 1.10. The molecule has 0 aliphatic rings. The quantitative estimate of drug-likeness (QED) is 0.763. The molecule has 116 valence electrons. The molecule has 4 heteroatoms. The molecule has 0 aliphatic carbocycles. The van der Waals surface area contributed by atoms with Gasteiger partial charge in [0.15, 0.2) is 0 Å². The van der Waals surface area contributed by atoms with Gasteiger partial charge in [0.25, 0.3) is 0 Å². The van der Waals surface area contributed by atoms with Gasteiger partial charge < -0.3 is 14.8 Å². The van der Waals surface area contributed by atoms with Gasteiger partial charge in [0.05, 0.1) is 13.7 Å². The predicted molar refractivity (Wildman–Crippen MR) is 86.3 cm³/mol. The van der Waals surface area contributed by atoms with E-state index in [4.69, 9.17) is 9.47 Å². The molecular formula is C18H21NO3. The maximum atomic E-state index is 11.8. The van der Waals surface area contributed by atoms with Gasteiger partial charge in [-0.2, -0.15) is 0 Å². The lowest BCUT2D eigenvalue weighted by Crippen LogP contribution is -2.28. The summed E-state index contributed by atoms with van der Waals surface area (Å²) in [6.45, 7) is 0.962. The van der Waals surface area contributed by atoms with Crippen LogP contribution in [-0.2, 0) is 11.2 Å². The first-order valence-corrected chi connectivity index (χ1v) is 7.36. The maximum Gasteiger partial charge on any atom is 0.220 e. The van der Waals surface area contributed by atoms with E-state index in [9.17, 15) is 4.79 Å². The normalized spacial score (nSPS) is 10.0. The van der Waals surface area contributed by atoms with Gasteiger partial charge in [0.1, 0.15) is 18.1 Å². The number of hydrogen-bond acceptors (Lipinski definition) is 3. The molecule has 0 fully saturated rings. The summed E-state index contributed by atoms with van der Waals surface area (Å²) in [6, 6.07) is 17.3. The van der Waals surface area contributed by atoms with E-state index in [0.29, 0.717) is 26.0 Å². The van der Waals surface area contributed by atoms with Crippen molar-refractivity contribution in [3.8, 4) is 11.5 Å². The van der Waals surface area contributed by atoms with Gasteiger partial charge in [0.2, 0.25) is 5.91 Å². The number of carbonyl (C=O) groups is 1. The topological polar surface area (TPSA) is 47.6 Å². The Balaban J connectivity index is 1.66. The zero-order valence-electron chi connectivity index (χ0n) is 12.7. The highest BCUT2D eigenvalue weighted by Crippen LogP contribution is 2.18. The molecule has 4 nitrogen and oxygen atoms in total. The molecule has 0 saturated carbocycles. The van der Waals surface area contributed by atoms with Crippen molar-refractivity contribution in [1.29, 1.82) is 0 Å². The van der Waals surface area contributed by atoms with E-state index in [1.54, 1.807) is 7.11 Å². The maximum absolute atomic E-state index is 11.8. The molecule has 0 bridgehead atoms. The Morgan fingerprint density at radius 1 is 1.05 bits per heavy atom. The van der Waals surface area contributed by atoms with Crippen LogP contribution in [0.3, 0.4) is 0 Å². The first-order chi connectivity index (χ1) is 10.8. The third-order valence-electron chi connectivity index (χ3n) is 3.25. The Labute approximate surface area is 131 Å². The number of benzene rings is 2. The Hall–Kier alpha value is -2.49. The molecular weight excluding hydrogens is 278 g/mol. The average molecular weight is 299 g/mol. The summed E-state index contributed by atoms with van der Waals surface area (Å²) in [5.74, 6) is 1.65. The molecule has 1 amide bonds. The number of carbonyl (C=O) groups excluding carboxylic acids is 1. The molecule has 2 aromatic rings. The van der Waals surface area contributed by atoms with E-state index in [1.807, 2.05) is 54.6 Å². The first kappa shape index (κ1) is 15.9. The van der Waals surface area contributed by atoms with Crippen LogP contribution in [0.4, 0.5) is 0 Å². The third-order valence-corrected chi connectivity index (χ3v) is 3.25. The van der Waals surface area contributed by atoms with Gasteiger partial charge in [-0.25, -0.2) is 0 Å². The van der Waals surface area contributed by atoms with Crippen LogP contribution in [-0.4, -0.2) is 26.2 Å². The summed E-state index contributed by atoms with van der Waals surface area (Å²) < 4.78 is 10.8. The van der Waals surface area contributed by atoms with E-state index in [0.717, 1.165) is 17.1 Å². The van der Waals surface area contributed by atoms with Gasteiger partial charge in [-0.1, -0.05) is 36.4 Å². The molecule has 0 saturated heterocycles. The lowest BCUT2D eigenvalue weighted by molar-refractivity contribution is -0.121. The van der Waals surface area contributed by atoms with Crippen LogP contribution < -0.4 is 14.8 Å². The van der Waals surface area contributed by atoms with Gasteiger partial charge >= 0.3 is 0 Å². The zero-order chi connectivity index (χ0) is 15.6. The minimum Gasteiger partial charge on any atom is -0.496 e. The number of aryl methyl sites for hydroxylation is 1. The highest BCUT2D eigenvalue weighted by atomic mass is 16.5. The van der Waals surface area contributed by atoms with Crippen LogP contribution >= 0.6 is 0 Å². The van der Waals surface area contributed by atoms with Crippen molar-refractivity contribution in [2.75, 3.05) is 20.3 Å². The number of para-hydroxylation sites is 2. The lowest BCUT2D eigenvalue weighted by Gasteiger charge is -2.09. The van der Waals surface area contributed by atoms with Crippen molar-refractivity contribution in [3.63, 3.8) is 0 Å². The smallest absolute Gasteiger partial charge is 0.220 e. The van der Waals surface area contributed by atoms with Gasteiger partial charge in [-0.15, -0.1) is 0 Å². The van der Waals surface area contributed by atoms with Crippen LogP contribution in [0.1, 0.15) is 12.0 Å². The lowest BCUT2D eigenvalue weighted by atomic mass is 10.1. The van der Waals surface area contributed by atoms with Crippen molar-refractivity contribution in [2.45, 2.75) is 12.8 Å². The predicted octanol–water partition coefficient (Wildman–Crippen LogP) is 2.82. The van der Waals surface area contributed by atoms with E-state index < -0.39 is 0 Å². The van der Waals surface area contributed by atoms with Gasteiger partial charge in [-0.05, 0) is 30.2 Å². The summed E-state index contributed by atoms with van der Waals surface area (Å²) in [5.41, 5.74) is 1.04. The Morgan fingerprint density at radius 2 is 1.77 bits per heavy atom. The largest absolute Gasteiger partial charge is 0.496 e. The van der Waals surface area contributed by atoms with Crippen LogP contribution in [0.5, 0.6) is 11.5 Å². The summed E-state index contributed by atoms with van der Waals surface area (Å²) >= 11 is 0. The molecule has 0 heterocycles. The van der Waals surface area contributed by atoms with Crippen LogP contribution in [0.25, 0.3) is 0 Å². The monoisotopic (exact) mass is 299 g/mol. The average Bonchev–Trinajstić information content (AvgIpc) is 2.58. The number of hydrogen-bond donors (Lipinski definition) is 1. The van der Waals surface area contributed by atoms with Gasteiger partial charge in [0, 0.05) is 6.42 Å². The van der Waals surface area contributed by atoms with Crippen molar-refractivity contribution < 1.29 is 14.3 Å². The van der Waals surface area contributed by atoms with Crippen LogP contribution in [0, 0.1) is 0 Å². The number of amides is 1. The summed E-state index contributed by atoms with van der Waals surface area (Å²) in [4.78, 5) is 11.8. The van der Waals surface area contributed by atoms with Crippen molar-refractivity contribution >= 4 is 5.91 Å². The molecule has 0 unspecified atom stereocenters. The summed E-state index contributed by atoms with van der Waals surface area (Å²) in [7, 11) is 1.64. The third kappa shape index (κ3) is 5.13. The fourth-order valence-electron chi connectivity index (χ4n) is 2.12. The molecule has 2 rings (SSSR count). The fraction of sp³-hybridized carbons (Fsp3) is 0.278.